The van der Waals surface area contributed by atoms with Crippen molar-refractivity contribution in [2.45, 2.75) is 70.9 Å². The van der Waals surface area contributed by atoms with Crippen molar-refractivity contribution in [2.75, 3.05) is 26.2 Å². The van der Waals surface area contributed by atoms with Crippen LogP contribution in [0.15, 0.2) is 0 Å². The van der Waals surface area contributed by atoms with Crippen LogP contribution in [0.25, 0.3) is 0 Å². The van der Waals surface area contributed by atoms with Gasteiger partial charge in [0.1, 0.15) is 5.78 Å². The summed E-state index contributed by atoms with van der Waals surface area (Å²) in [5.41, 5.74) is 0. The molecular weight excluding hydrogens is 260 g/mol. The van der Waals surface area contributed by atoms with Crippen LogP contribution in [0.5, 0.6) is 0 Å². The molecule has 3 nitrogen and oxygen atoms in total. The predicted octanol–water partition coefficient (Wildman–Crippen LogP) is 2.94. The van der Waals surface area contributed by atoms with Gasteiger partial charge in [-0.1, -0.05) is 19.8 Å². The third-order valence-corrected chi connectivity index (χ3v) is 6.09. The Kier molecular flexibility index (Phi) is 5.00. The number of hydrogen-bond donors (Lipinski definition) is 0. The highest BCUT2D eigenvalue weighted by molar-refractivity contribution is 5.82. The van der Waals surface area contributed by atoms with Gasteiger partial charge in [-0.2, -0.15) is 0 Å². The number of carbonyl (C=O) groups is 1. The third-order valence-electron chi connectivity index (χ3n) is 6.09. The first-order valence-electron chi connectivity index (χ1n) is 9.18. The van der Waals surface area contributed by atoms with Crippen LogP contribution in [0, 0.1) is 11.8 Å². The van der Waals surface area contributed by atoms with Gasteiger partial charge in [-0.05, 0) is 45.1 Å². The zero-order valence-corrected chi connectivity index (χ0v) is 13.9. The molecule has 4 atom stereocenters. The number of Topliss-reactive ketones (excluding diaryl/α,β-unsaturated/α-hetero) is 1. The summed E-state index contributed by atoms with van der Waals surface area (Å²) in [6, 6.07) is 1.39. The number of piperazine rings is 1. The largest absolute Gasteiger partial charge is 0.299 e. The van der Waals surface area contributed by atoms with Crippen LogP contribution in [0.3, 0.4) is 0 Å². The van der Waals surface area contributed by atoms with Crippen molar-refractivity contribution in [1.29, 1.82) is 0 Å². The van der Waals surface area contributed by atoms with Gasteiger partial charge in [-0.3, -0.25) is 14.6 Å². The van der Waals surface area contributed by atoms with Gasteiger partial charge in [-0.15, -0.1) is 0 Å². The second-order valence-electron chi connectivity index (χ2n) is 7.69. The summed E-state index contributed by atoms with van der Waals surface area (Å²) < 4.78 is 0. The number of rotatable bonds is 4. The number of nitrogens with zero attached hydrogens (tertiary/aromatic N) is 2. The SMILES string of the molecule is CCCC1CCC(=O)C(CN2CC3CCCN3CC2C)C1. The van der Waals surface area contributed by atoms with E-state index in [1.165, 1.54) is 45.3 Å². The summed E-state index contributed by atoms with van der Waals surface area (Å²) in [6.45, 7) is 9.36. The van der Waals surface area contributed by atoms with E-state index >= 15 is 0 Å². The maximum absolute atomic E-state index is 12.3. The van der Waals surface area contributed by atoms with E-state index in [2.05, 4.69) is 23.6 Å². The molecule has 120 valence electrons. The number of carbonyl (C=O) groups excluding carboxylic acids is 1. The summed E-state index contributed by atoms with van der Waals surface area (Å²) >= 11 is 0. The molecule has 2 heterocycles. The molecule has 2 saturated heterocycles. The standard InChI is InChI=1S/C18H32N2O/c1-3-5-15-7-8-18(21)16(10-15)12-20-13-17-6-4-9-19(17)11-14(20)2/h14-17H,3-13H2,1-2H3. The lowest BCUT2D eigenvalue weighted by molar-refractivity contribution is -0.127. The van der Waals surface area contributed by atoms with E-state index in [1.54, 1.807) is 0 Å². The minimum Gasteiger partial charge on any atom is -0.299 e. The summed E-state index contributed by atoms with van der Waals surface area (Å²) in [5.74, 6) is 1.68. The average molecular weight is 292 g/mol. The predicted molar refractivity (Wildman–Crippen MR) is 86.4 cm³/mol. The smallest absolute Gasteiger partial charge is 0.137 e. The molecule has 0 bridgehead atoms. The first kappa shape index (κ1) is 15.5. The van der Waals surface area contributed by atoms with Crippen molar-refractivity contribution < 1.29 is 4.79 Å². The van der Waals surface area contributed by atoms with Crippen molar-refractivity contribution in [3.8, 4) is 0 Å². The van der Waals surface area contributed by atoms with Gasteiger partial charge in [0.2, 0.25) is 0 Å². The molecule has 0 aromatic heterocycles. The van der Waals surface area contributed by atoms with E-state index in [4.69, 9.17) is 0 Å². The Labute approximate surface area is 130 Å². The lowest BCUT2D eigenvalue weighted by Gasteiger charge is -2.44. The van der Waals surface area contributed by atoms with Crippen molar-refractivity contribution in [3.05, 3.63) is 0 Å². The van der Waals surface area contributed by atoms with E-state index in [9.17, 15) is 4.79 Å². The van der Waals surface area contributed by atoms with Crippen molar-refractivity contribution in [1.82, 2.24) is 9.80 Å². The molecule has 1 saturated carbocycles. The first-order chi connectivity index (χ1) is 10.2. The maximum atomic E-state index is 12.3. The minimum atomic E-state index is 0.325. The lowest BCUT2D eigenvalue weighted by Crippen LogP contribution is -2.56. The van der Waals surface area contributed by atoms with Crippen LogP contribution in [0.1, 0.15) is 58.8 Å². The molecule has 21 heavy (non-hydrogen) atoms. The fourth-order valence-electron chi connectivity index (χ4n) is 4.83. The monoisotopic (exact) mass is 292 g/mol. The molecule has 3 fully saturated rings. The Morgan fingerprint density at radius 1 is 1.24 bits per heavy atom. The molecule has 0 N–H and O–H groups in total. The summed E-state index contributed by atoms with van der Waals surface area (Å²) in [4.78, 5) is 17.6. The third kappa shape index (κ3) is 3.50. The molecule has 3 aliphatic rings. The summed E-state index contributed by atoms with van der Waals surface area (Å²) in [7, 11) is 0. The van der Waals surface area contributed by atoms with Gasteiger partial charge in [0.05, 0.1) is 0 Å². The normalized spacial score (nSPS) is 38.7. The van der Waals surface area contributed by atoms with Crippen LogP contribution in [0.2, 0.25) is 0 Å². The molecule has 3 rings (SSSR count). The van der Waals surface area contributed by atoms with Gasteiger partial charge in [0.15, 0.2) is 0 Å². The maximum Gasteiger partial charge on any atom is 0.137 e. The minimum absolute atomic E-state index is 0.325. The van der Waals surface area contributed by atoms with Gasteiger partial charge >= 0.3 is 0 Å². The zero-order chi connectivity index (χ0) is 14.8. The molecule has 0 amide bonds. The number of ketones is 1. The van der Waals surface area contributed by atoms with Gasteiger partial charge < -0.3 is 0 Å². The molecule has 0 aromatic rings. The molecule has 1 aliphatic carbocycles. The number of fused-ring (bicyclic) bond motifs is 1. The van der Waals surface area contributed by atoms with Crippen molar-refractivity contribution in [3.63, 3.8) is 0 Å². The first-order valence-corrected chi connectivity index (χ1v) is 9.18. The van der Waals surface area contributed by atoms with Gasteiger partial charge in [-0.25, -0.2) is 0 Å². The summed E-state index contributed by atoms with van der Waals surface area (Å²) in [6.07, 6.45) is 8.46. The van der Waals surface area contributed by atoms with Crippen LogP contribution < -0.4 is 0 Å². The van der Waals surface area contributed by atoms with E-state index in [-0.39, 0.29) is 0 Å². The van der Waals surface area contributed by atoms with Gasteiger partial charge in [0, 0.05) is 44.1 Å². The second-order valence-corrected chi connectivity index (χ2v) is 7.69. The lowest BCUT2D eigenvalue weighted by atomic mass is 9.78. The molecule has 0 spiro atoms. The Morgan fingerprint density at radius 3 is 2.90 bits per heavy atom. The molecule has 0 radical (unpaired) electrons. The second kappa shape index (κ2) is 6.78. The van der Waals surface area contributed by atoms with E-state index in [0.717, 1.165) is 37.8 Å². The molecular formula is C18H32N2O. The van der Waals surface area contributed by atoms with E-state index < -0.39 is 0 Å². The van der Waals surface area contributed by atoms with Gasteiger partial charge in [0.25, 0.3) is 0 Å². The molecule has 3 heteroatoms. The van der Waals surface area contributed by atoms with Crippen molar-refractivity contribution >= 4 is 5.78 Å². The molecule has 2 aliphatic heterocycles. The fraction of sp³-hybridized carbons (Fsp3) is 0.944. The Morgan fingerprint density at radius 2 is 2.10 bits per heavy atom. The Hall–Kier alpha value is -0.410. The van der Waals surface area contributed by atoms with E-state index in [1.807, 2.05) is 0 Å². The quantitative estimate of drug-likeness (QED) is 0.796. The summed E-state index contributed by atoms with van der Waals surface area (Å²) in [5, 5.41) is 0. The van der Waals surface area contributed by atoms with Crippen LogP contribution in [-0.2, 0) is 4.79 Å². The highest BCUT2D eigenvalue weighted by Crippen LogP contribution is 2.32. The Balaban J connectivity index is 1.57. The van der Waals surface area contributed by atoms with Crippen LogP contribution in [0.4, 0.5) is 0 Å². The highest BCUT2D eigenvalue weighted by Gasteiger charge is 2.37. The molecule has 0 aromatic carbocycles. The fourth-order valence-corrected chi connectivity index (χ4v) is 4.83. The van der Waals surface area contributed by atoms with Crippen LogP contribution >= 0.6 is 0 Å². The Bertz CT molecular complexity index is 370. The van der Waals surface area contributed by atoms with Crippen molar-refractivity contribution in [2.24, 2.45) is 11.8 Å². The zero-order valence-electron chi connectivity index (χ0n) is 13.9. The van der Waals surface area contributed by atoms with E-state index in [0.29, 0.717) is 17.7 Å². The topological polar surface area (TPSA) is 23.6 Å². The highest BCUT2D eigenvalue weighted by atomic mass is 16.1. The average Bonchev–Trinajstić information content (AvgIpc) is 2.90. The number of hydrogen-bond acceptors (Lipinski definition) is 3. The van der Waals surface area contributed by atoms with Crippen LogP contribution in [-0.4, -0.2) is 53.8 Å². The molecule has 4 unspecified atom stereocenters.